The second-order valence-electron chi connectivity index (χ2n) is 4.17. The van der Waals surface area contributed by atoms with Crippen LogP contribution in [0.25, 0.3) is 5.65 Å². The summed E-state index contributed by atoms with van der Waals surface area (Å²) < 4.78 is 1.72. The normalized spacial score (nSPS) is 10.8. The third-order valence-electron chi connectivity index (χ3n) is 2.83. The van der Waals surface area contributed by atoms with E-state index in [-0.39, 0.29) is 5.56 Å². The second kappa shape index (κ2) is 5.34. The SMILES string of the molecule is O=C(O)c1ccc2nnc(CSc3ccccc3)n2c1. The minimum atomic E-state index is -0.956. The molecule has 0 unspecified atom stereocenters. The molecular formula is C14H11N3O2S. The van der Waals surface area contributed by atoms with Crippen LogP contribution in [0, 0.1) is 0 Å². The summed E-state index contributed by atoms with van der Waals surface area (Å²) in [6, 6.07) is 13.2. The Morgan fingerprint density at radius 1 is 1.15 bits per heavy atom. The van der Waals surface area contributed by atoms with Crippen LogP contribution in [0.15, 0.2) is 53.6 Å². The first-order valence-electron chi connectivity index (χ1n) is 5.99. The number of aromatic carboxylic acids is 1. The van der Waals surface area contributed by atoms with Gasteiger partial charge < -0.3 is 5.11 Å². The molecule has 0 bridgehead atoms. The van der Waals surface area contributed by atoms with Crippen LogP contribution in [0.5, 0.6) is 0 Å². The topological polar surface area (TPSA) is 67.5 Å². The van der Waals surface area contributed by atoms with E-state index in [1.807, 2.05) is 30.3 Å². The van der Waals surface area contributed by atoms with Crippen LogP contribution in [0.2, 0.25) is 0 Å². The first-order valence-corrected chi connectivity index (χ1v) is 6.97. The van der Waals surface area contributed by atoms with Crippen molar-refractivity contribution in [2.75, 3.05) is 0 Å². The Morgan fingerprint density at radius 2 is 1.95 bits per heavy atom. The molecule has 0 atom stereocenters. The molecule has 0 aliphatic carbocycles. The Balaban J connectivity index is 1.88. The first-order chi connectivity index (χ1) is 9.74. The zero-order valence-corrected chi connectivity index (χ0v) is 11.2. The first kappa shape index (κ1) is 12.7. The van der Waals surface area contributed by atoms with E-state index in [9.17, 15) is 4.79 Å². The highest BCUT2D eigenvalue weighted by Gasteiger charge is 2.09. The lowest BCUT2D eigenvalue weighted by atomic mass is 10.3. The van der Waals surface area contributed by atoms with Gasteiger partial charge >= 0.3 is 5.97 Å². The van der Waals surface area contributed by atoms with Crippen molar-refractivity contribution >= 4 is 23.4 Å². The summed E-state index contributed by atoms with van der Waals surface area (Å²) in [4.78, 5) is 12.1. The van der Waals surface area contributed by atoms with Crippen molar-refractivity contribution in [3.63, 3.8) is 0 Å². The van der Waals surface area contributed by atoms with Crippen LogP contribution in [-0.4, -0.2) is 25.7 Å². The summed E-state index contributed by atoms with van der Waals surface area (Å²) >= 11 is 1.64. The molecule has 1 aromatic carbocycles. The summed E-state index contributed by atoms with van der Waals surface area (Å²) in [7, 11) is 0. The van der Waals surface area contributed by atoms with Crippen LogP contribution in [0.3, 0.4) is 0 Å². The minimum absolute atomic E-state index is 0.225. The molecule has 0 saturated carbocycles. The molecule has 3 aromatic rings. The van der Waals surface area contributed by atoms with Gasteiger partial charge in [-0.25, -0.2) is 4.79 Å². The lowest BCUT2D eigenvalue weighted by Gasteiger charge is -2.01. The van der Waals surface area contributed by atoms with Gasteiger partial charge in [0.25, 0.3) is 0 Å². The van der Waals surface area contributed by atoms with Crippen molar-refractivity contribution in [1.29, 1.82) is 0 Å². The molecule has 0 aliphatic heterocycles. The van der Waals surface area contributed by atoms with Gasteiger partial charge in [0.05, 0.1) is 11.3 Å². The zero-order chi connectivity index (χ0) is 13.9. The summed E-state index contributed by atoms with van der Waals surface area (Å²) in [6.45, 7) is 0. The van der Waals surface area contributed by atoms with E-state index in [2.05, 4.69) is 10.2 Å². The van der Waals surface area contributed by atoms with Crippen LogP contribution in [0.4, 0.5) is 0 Å². The fraction of sp³-hybridized carbons (Fsp3) is 0.0714. The Bertz CT molecular complexity index is 755. The molecule has 1 N–H and O–H groups in total. The Hall–Kier alpha value is -2.34. The minimum Gasteiger partial charge on any atom is -0.478 e. The van der Waals surface area contributed by atoms with Crippen molar-refractivity contribution in [3.05, 3.63) is 60.0 Å². The molecule has 20 heavy (non-hydrogen) atoms. The van der Waals surface area contributed by atoms with E-state index in [0.29, 0.717) is 11.4 Å². The highest BCUT2D eigenvalue weighted by atomic mass is 32.2. The fourth-order valence-electron chi connectivity index (χ4n) is 1.83. The number of rotatable bonds is 4. The number of carboxylic acids is 1. The Labute approximate surface area is 119 Å². The van der Waals surface area contributed by atoms with Gasteiger partial charge in [0.1, 0.15) is 5.82 Å². The third kappa shape index (κ3) is 2.50. The Kier molecular flexibility index (Phi) is 3.39. The number of thioether (sulfide) groups is 1. The maximum atomic E-state index is 11.0. The van der Waals surface area contributed by atoms with Crippen LogP contribution in [0.1, 0.15) is 16.2 Å². The lowest BCUT2D eigenvalue weighted by molar-refractivity contribution is 0.0696. The van der Waals surface area contributed by atoms with Crippen LogP contribution in [-0.2, 0) is 5.75 Å². The van der Waals surface area contributed by atoms with Gasteiger partial charge in [0, 0.05) is 11.1 Å². The molecule has 2 heterocycles. The molecule has 2 aromatic heterocycles. The number of hydrogen-bond donors (Lipinski definition) is 1. The van der Waals surface area contributed by atoms with Crippen LogP contribution < -0.4 is 0 Å². The predicted octanol–water partition coefficient (Wildman–Crippen LogP) is 2.72. The lowest BCUT2D eigenvalue weighted by Crippen LogP contribution is -2.00. The largest absolute Gasteiger partial charge is 0.478 e. The highest BCUT2D eigenvalue weighted by Crippen LogP contribution is 2.21. The maximum absolute atomic E-state index is 11.0. The molecule has 0 aliphatic rings. The number of aromatic nitrogens is 3. The predicted molar refractivity (Wildman–Crippen MR) is 75.9 cm³/mol. The second-order valence-corrected chi connectivity index (χ2v) is 5.22. The number of carboxylic acid groups (broad SMARTS) is 1. The molecule has 5 nitrogen and oxygen atoms in total. The molecule has 0 radical (unpaired) electrons. The van der Waals surface area contributed by atoms with Gasteiger partial charge in [0.15, 0.2) is 5.65 Å². The van der Waals surface area contributed by atoms with Gasteiger partial charge in [-0.3, -0.25) is 4.40 Å². The molecule has 0 amide bonds. The van der Waals surface area contributed by atoms with Gasteiger partial charge in [-0.05, 0) is 24.3 Å². The molecule has 0 saturated heterocycles. The summed E-state index contributed by atoms with van der Waals surface area (Å²) in [5.74, 6) is 0.410. The summed E-state index contributed by atoms with van der Waals surface area (Å²) in [5.41, 5.74) is 0.877. The molecule has 3 rings (SSSR count). The number of fused-ring (bicyclic) bond motifs is 1. The van der Waals surface area contributed by atoms with Crippen molar-refractivity contribution in [1.82, 2.24) is 14.6 Å². The van der Waals surface area contributed by atoms with Crippen molar-refractivity contribution in [2.45, 2.75) is 10.6 Å². The fourth-order valence-corrected chi connectivity index (χ4v) is 2.67. The summed E-state index contributed by atoms with van der Waals surface area (Å²) in [5, 5.41) is 17.2. The van der Waals surface area contributed by atoms with Crippen molar-refractivity contribution < 1.29 is 9.90 Å². The summed E-state index contributed by atoms with van der Waals surface area (Å²) in [6.07, 6.45) is 1.55. The van der Waals surface area contributed by atoms with Gasteiger partial charge in [0.2, 0.25) is 0 Å². The van der Waals surface area contributed by atoms with Crippen molar-refractivity contribution in [3.8, 4) is 0 Å². The molecular weight excluding hydrogens is 274 g/mol. The average molecular weight is 285 g/mol. The van der Waals surface area contributed by atoms with Gasteiger partial charge in [-0.1, -0.05) is 18.2 Å². The molecule has 6 heteroatoms. The number of nitrogens with zero attached hydrogens (tertiary/aromatic N) is 3. The highest BCUT2D eigenvalue weighted by molar-refractivity contribution is 7.98. The van der Waals surface area contributed by atoms with Crippen molar-refractivity contribution in [2.24, 2.45) is 0 Å². The van der Waals surface area contributed by atoms with E-state index >= 15 is 0 Å². The quantitative estimate of drug-likeness (QED) is 0.746. The van der Waals surface area contributed by atoms with E-state index in [1.54, 1.807) is 28.4 Å². The number of benzene rings is 1. The maximum Gasteiger partial charge on any atom is 0.337 e. The smallest absolute Gasteiger partial charge is 0.337 e. The third-order valence-corrected chi connectivity index (χ3v) is 3.84. The molecule has 0 spiro atoms. The van der Waals surface area contributed by atoms with Crippen LogP contribution >= 0.6 is 11.8 Å². The number of hydrogen-bond acceptors (Lipinski definition) is 4. The van der Waals surface area contributed by atoms with Gasteiger partial charge in [-0.2, -0.15) is 0 Å². The van der Waals surface area contributed by atoms with E-state index in [4.69, 9.17) is 5.11 Å². The van der Waals surface area contributed by atoms with E-state index in [1.165, 1.54) is 6.07 Å². The van der Waals surface area contributed by atoms with E-state index < -0.39 is 5.97 Å². The standard InChI is InChI=1S/C14H11N3O2S/c18-14(19)10-6-7-12-15-16-13(17(12)8-10)9-20-11-4-2-1-3-5-11/h1-8H,9H2,(H,18,19). The zero-order valence-electron chi connectivity index (χ0n) is 10.4. The average Bonchev–Trinajstić information content (AvgIpc) is 2.88. The number of pyridine rings is 1. The Morgan fingerprint density at radius 3 is 2.70 bits per heavy atom. The monoisotopic (exact) mass is 285 g/mol. The van der Waals surface area contributed by atoms with E-state index in [0.717, 1.165) is 10.7 Å². The molecule has 0 fully saturated rings. The van der Waals surface area contributed by atoms with Gasteiger partial charge in [-0.15, -0.1) is 22.0 Å². The molecule has 100 valence electrons. The number of carbonyl (C=O) groups is 1.